The average Bonchev–Trinajstić information content (AvgIpc) is 2.70. The van der Waals surface area contributed by atoms with Crippen LogP contribution in [0.2, 0.25) is 0 Å². The standard InChI is InChI=1S/C24H26O7/c1-4-11-6-12(5-2)20(27)19-15(11)8-13-7-14-9-16(26)17(10(3)25)22(29)24(14,31)23(30)18(13)21(19)28/h6,13-14,27-29,31H,4-5,7-9H2,1-3H3. The van der Waals surface area contributed by atoms with Crippen LogP contribution in [0, 0.1) is 11.8 Å². The Labute approximate surface area is 179 Å². The summed E-state index contributed by atoms with van der Waals surface area (Å²) >= 11 is 0. The van der Waals surface area contributed by atoms with E-state index in [1.165, 1.54) is 0 Å². The van der Waals surface area contributed by atoms with Gasteiger partial charge in [-0.15, -0.1) is 0 Å². The second-order valence-corrected chi connectivity index (χ2v) is 8.70. The maximum Gasteiger partial charge on any atom is 0.202 e. The van der Waals surface area contributed by atoms with E-state index < -0.39 is 51.9 Å². The van der Waals surface area contributed by atoms with Crippen LogP contribution in [-0.2, 0) is 33.6 Å². The van der Waals surface area contributed by atoms with Gasteiger partial charge in [0.25, 0.3) is 0 Å². The van der Waals surface area contributed by atoms with E-state index in [0.717, 1.165) is 18.1 Å². The zero-order valence-corrected chi connectivity index (χ0v) is 17.8. The van der Waals surface area contributed by atoms with E-state index in [1.54, 1.807) is 0 Å². The number of aryl methyl sites for hydroxylation is 2. The molecule has 0 aromatic heterocycles. The molecule has 4 rings (SSSR count). The van der Waals surface area contributed by atoms with Crippen molar-refractivity contribution in [3.8, 4) is 5.75 Å². The van der Waals surface area contributed by atoms with E-state index >= 15 is 0 Å². The van der Waals surface area contributed by atoms with Crippen LogP contribution in [0.15, 0.2) is 23.0 Å². The molecule has 0 spiro atoms. The Morgan fingerprint density at radius 3 is 2.32 bits per heavy atom. The average molecular weight is 426 g/mol. The van der Waals surface area contributed by atoms with E-state index in [0.29, 0.717) is 24.8 Å². The zero-order chi connectivity index (χ0) is 22.8. The molecule has 0 amide bonds. The van der Waals surface area contributed by atoms with Gasteiger partial charge in [-0.3, -0.25) is 14.4 Å². The molecule has 0 radical (unpaired) electrons. The van der Waals surface area contributed by atoms with Gasteiger partial charge in [0.15, 0.2) is 17.2 Å². The number of ketones is 3. The quantitative estimate of drug-likeness (QED) is 0.546. The molecule has 3 aliphatic rings. The van der Waals surface area contributed by atoms with Crippen LogP contribution in [0.3, 0.4) is 0 Å². The second-order valence-electron chi connectivity index (χ2n) is 8.70. The Balaban J connectivity index is 1.96. The lowest BCUT2D eigenvalue weighted by molar-refractivity contribution is -0.147. The molecule has 1 fully saturated rings. The Hall–Kier alpha value is -2.93. The molecule has 1 aromatic rings. The molecular formula is C24H26O7. The monoisotopic (exact) mass is 426 g/mol. The van der Waals surface area contributed by atoms with E-state index in [-0.39, 0.29) is 29.7 Å². The maximum absolute atomic E-state index is 13.5. The first kappa shape index (κ1) is 21.3. The van der Waals surface area contributed by atoms with Gasteiger partial charge in [0, 0.05) is 17.9 Å². The van der Waals surface area contributed by atoms with Gasteiger partial charge in [0.1, 0.15) is 22.8 Å². The lowest BCUT2D eigenvalue weighted by Crippen LogP contribution is -2.57. The number of hydrogen-bond donors (Lipinski definition) is 4. The summed E-state index contributed by atoms with van der Waals surface area (Å²) in [4.78, 5) is 37.8. The summed E-state index contributed by atoms with van der Waals surface area (Å²) in [6.45, 7) is 4.94. The number of aromatic hydroxyl groups is 1. The fourth-order valence-electron chi connectivity index (χ4n) is 5.52. The minimum Gasteiger partial charge on any atom is -0.508 e. The number of hydrogen-bond acceptors (Lipinski definition) is 7. The van der Waals surface area contributed by atoms with Crippen molar-refractivity contribution in [3.63, 3.8) is 0 Å². The predicted octanol–water partition coefficient (Wildman–Crippen LogP) is 2.65. The Bertz CT molecular complexity index is 1110. The molecule has 3 aliphatic carbocycles. The number of carbonyl (C=O) groups is 3. The first-order valence-corrected chi connectivity index (χ1v) is 10.6. The van der Waals surface area contributed by atoms with Crippen LogP contribution in [0.1, 0.15) is 55.9 Å². The number of carbonyl (C=O) groups excluding carboxylic acids is 3. The van der Waals surface area contributed by atoms with Crippen LogP contribution in [0.5, 0.6) is 5.75 Å². The Morgan fingerprint density at radius 1 is 1.10 bits per heavy atom. The normalized spacial score (nSPS) is 27.7. The highest BCUT2D eigenvalue weighted by Gasteiger charge is 2.60. The molecule has 1 aromatic carbocycles. The minimum atomic E-state index is -2.45. The summed E-state index contributed by atoms with van der Waals surface area (Å²) in [6.07, 6.45) is 1.52. The van der Waals surface area contributed by atoms with Gasteiger partial charge in [0.2, 0.25) is 5.78 Å². The number of phenolic OH excluding ortho intramolecular Hbond substituents is 1. The Kier molecular flexibility index (Phi) is 4.85. The predicted molar refractivity (Wildman–Crippen MR) is 112 cm³/mol. The van der Waals surface area contributed by atoms with Crippen molar-refractivity contribution in [3.05, 3.63) is 45.2 Å². The number of rotatable bonds is 3. The summed E-state index contributed by atoms with van der Waals surface area (Å²) in [6, 6.07) is 1.91. The first-order chi connectivity index (χ1) is 14.6. The van der Waals surface area contributed by atoms with Gasteiger partial charge in [-0.2, -0.15) is 0 Å². The highest BCUT2D eigenvalue weighted by Crippen LogP contribution is 2.52. The first-order valence-electron chi connectivity index (χ1n) is 10.6. The zero-order valence-electron chi connectivity index (χ0n) is 17.8. The van der Waals surface area contributed by atoms with E-state index in [1.807, 2.05) is 19.9 Å². The lowest BCUT2D eigenvalue weighted by Gasteiger charge is -2.46. The van der Waals surface area contributed by atoms with E-state index in [4.69, 9.17) is 0 Å². The molecule has 4 N–H and O–H groups in total. The summed E-state index contributed by atoms with van der Waals surface area (Å²) in [7, 11) is 0. The van der Waals surface area contributed by atoms with Crippen molar-refractivity contribution in [1.82, 2.24) is 0 Å². The van der Waals surface area contributed by atoms with Gasteiger partial charge in [0.05, 0.1) is 5.56 Å². The smallest absolute Gasteiger partial charge is 0.202 e. The van der Waals surface area contributed by atoms with Crippen molar-refractivity contribution in [2.45, 2.75) is 58.5 Å². The fourth-order valence-corrected chi connectivity index (χ4v) is 5.52. The fraction of sp³-hybridized carbons (Fsp3) is 0.458. The molecule has 164 valence electrons. The molecule has 31 heavy (non-hydrogen) atoms. The molecule has 0 heterocycles. The molecule has 3 unspecified atom stereocenters. The molecular weight excluding hydrogens is 400 g/mol. The summed E-state index contributed by atoms with van der Waals surface area (Å²) in [5.41, 5.74) is -0.520. The molecule has 7 nitrogen and oxygen atoms in total. The molecule has 0 saturated heterocycles. The van der Waals surface area contributed by atoms with Crippen LogP contribution >= 0.6 is 0 Å². The van der Waals surface area contributed by atoms with Gasteiger partial charge in [-0.05, 0) is 55.2 Å². The summed E-state index contributed by atoms with van der Waals surface area (Å²) in [5.74, 6) is -5.04. The SMILES string of the molecule is CCc1cc(CC)c2c(c1O)C(O)=C1C(=O)C3(O)C(O)=C(C(C)=O)C(=O)CC3CC1C2. The van der Waals surface area contributed by atoms with Gasteiger partial charge in [-0.1, -0.05) is 19.9 Å². The highest BCUT2D eigenvalue weighted by atomic mass is 16.3. The molecule has 0 bridgehead atoms. The topological polar surface area (TPSA) is 132 Å². The molecule has 1 saturated carbocycles. The number of allylic oxidation sites excluding steroid dienone is 1. The van der Waals surface area contributed by atoms with Crippen molar-refractivity contribution < 1.29 is 34.8 Å². The number of Topliss-reactive ketones (excluding diaryl/α,β-unsaturated/α-hetero) is 3. The number of phenols is 1. The summed E-state index contributed by atoms with van der Waals surface area (Å²) in [5, 5.41) is 43.8. The second kappa shape index (κ2) is 7.05. The van der Waals surface area contributed by atoms with Crippen LogP contribution in [0.4, 0.5) is 0 Å². The molecule has 0 aliphatic heterocycles. The minimum absolute atomic E-state index is 0.0688. The third-order valence-electron chi connectivity index (χ3n) is 7.10. The van der Waals surface area contributed by atoms with E-state index in [2.05, 4.69) is 0 Å². The van der Waals surface area contributed by atoms with Crippen molar-refractivity contribution in [1.29, 1.82) is 0 Å². The van der Waals surface area contributed by atoms with Crippen molar-refractivity contribution in [2.75, 3.05) is 0 Å². The van der Waals surface area contributed by atoms with Crippen LogP contribution < -0.4 is 0 Å². The van der Waals surface area contributed by atoms with E-state index in [9.17, 15) is 34.8 Å². The van der Waals surface area contributed by atoms with Gasteiger partial charge in [-0.25, -0.2) is 0 Å². The van der Waals surface area contributed by atoms with Crippen LogP contribution in [-0.4, -0.2) is 43.4 Å². The van der Waals surface area contributed by atoms with Crippen LogP contribution in [0.25, 0.3) is 5.76 Å². The van der Waals surface area contributed by atoms with Gasteiger partial charge < -0.3 is 20.4 Å². The number of aliphatic hydroxyl groups is 3. The number of fused-ring (bicyclic) bond motifs is 3. The third-order valence-corrected chi connectivity index (χ3v) is 7.10. The number of benzene rings is 1. The maximum atomic E-state index is 13.5. The van der Waals surface area contributed by atoms with Gasteiger partial charge >= 0.3 is 0 Å². The third kappa shape index (κ3) is 2.72. The number of aliphatic hydroxyl groups excluding tert-OH is 2. The highest BCUT2D eigenvalue weighted by molar-refractivity contribution is 6.23. The molecule has 7 heteroatoms. The lowest BCUT2D eigenvalue weighted by atomic mass is 9.59. The summed E-state index contributed by atoms with van der Waals surface area (Å²) < 4.78 is 0. The molecule has 3 atom stereocenters. The largest absolute Gasteiger partial charge is 0.508 e. The Morgan fingerprint density at radius 2 is 1.74 bits per heavy atom. The van der Waals surface area contributed by atoms with Crippen molar-refractivity contribution >= 4 is 23.1 Å². The van der Waals surface area contributed by atoms with Crippen molar-refractivity contribution in [2.24, 2.45) is 11.8 Å².